The van der Waals surface area contributed by atoms with E-state index < -0.39 is 0 Å². The fourth-order valence-corrected chi connectivity index (χ4v) is 2.57. The first-order chi connectivity index (χ1) is 10.5. The van der Waals surface area contributed by atoms with Gasteiger partial charge in [0.15, 0.2) is 0 Å². The minimum Gasteiger partial charge on any atom is -0.333 e. The number of amides is 1. The molecule has 0 spiro atoms. The van der Waals surface area contributed by atoms with Crippen molar-refractivity contribution in [1.82, 2.24) is 19.7 Å². The normalized spacial score (nSPS) is 10.7. The van der Waals surface area contributed by atoms with Gasteiger partial charge in [0.05, 0.1) is 10.7 Å². The van der Waals surface area contributed by atoms with Crippen molar-refractivity contribution < 1.29 is 4.79 Å². The van der Waals surface area contributed by atoms with E-state index in [2.05, 4.69) is 17.0 Å². The van der Waals surface area contributed by atoms with Crippen LogP contribution in [-0.2, 0) is 13.6 Å². The van der Waals surface area contributed by atoms with Crippen LogP contribution in [0.3, 0.4) is 0 Å². The fourth-order valence-electron chi connectivity index (χ4n) is 2.32. The predicted molar refractivity (Wildman–Crippen MR) is 86.8 cm³/mol. The van der Waals surface area contributed by atoms with E-state index in [1.807, 2.05) is 17.0 Å². The maximum Gasteiger partial charge on any atom is 0.273 e. The zero-order chi connectivity index (χ0) is 16.1. The van der Waals surface area contributed by atoms with E-state index in [-0.39, 0.29) is 5.91 Å². The lowest BCUT2D eigenvalue weighted by molar-refractivity contribution is 0.0730. The number of pyridine rings is 1. The molecule has 0 aliphatic carbocycles. The largest absolute Gasteiger partial charge is 0.333 e. The monoisotopic (exact) mass is 320 g/mol. The molecule has 0 aliphatic heterocycles. The average molecular weight is 321 g/mol. The summed E-state index contributed by atoms with van der Waals surface area (Å²) >= 11 is 6.25. The molecule has 0 aromatic carbocycles. The molecule has 0 bridgehead atoms. The van der Waals surface area contributed by atoms with Crippen LogP contribution in [0.4, 0.5) is 0 Å². The number of nitrogens with zero attached hydrogens (tertiary/aromatic N) is 4. The van der Waals surface area contributed by atoms with Gasteiger partial charge in [-0.05, 0) is 31.0 Å². The highest BCUT2D eigenvalue weighted by atomic mass is 35.5. The van der Waals surface area contributed by atoms with E-state index in [9.17, 15) is 4.79 Å². The van der Waals surface area contributed by atoms with Gasteiger partial charge in [0.1, 0.15) is 5.69 Å². The van der Waals surface area contributed by atoms with Crippen LogP contribution >= 0.6 is 11.6 Å². The number of carbonyl (C=O) groups excluding carboxylic acids is 1. The highest BCUT2D eigenvalue weighted by Gasteiger charge is 2.24. The highest BCUT2D eigenvalue weighted by molar-refractivity contribution is 6.34. The van der Waals surface area contributed by atoms with Gasteiger partial charge in [-0.15, -0.1) is 0 Å². The number of hydrogen-bond donors (Lipinski definition) is 0. The number of carbonyl (C=O) groups is 1. The molecule has 6 heteroatoms. The van der Waals surface area contributed by atoms with Crippen molar-refractivity contribution in [2.45, 2.75) is 33.2 Å². The first-order valence-corrected chi connectivity index (χ1v) is 7.79. The Balaban J connectivity index is 2.26. The van der Waals surface area contributed by atoms with Gasteiger partial charge in [-0.3, -0.25) is 14.5 Å². The van der Waals surface area contributed by atoms with Crippen molar-refractivity contribution in [3.63, 3.8) is 0 Å². The van der Waals surface area contributed by atoms with Gasteiger partial charge in [-0.25, -0.2) is 0 Å². The molecule has 22 heavy (non-hydrogen) atoms. The molecule has 2 rings (SSSR count). The molecule has 0 N–H and O–H groups in total. The SMILES string of the molecule is CCCCN(Cc1ccncc1)C(=O)c1c(Cl)c(C)nn1C. The van der Waals surface area contributed by atoms with Crippen molar-refractivity contribution in [3.05, 3.63) is 46.5 Å². The quantitative estimate of drug-likeness (QED) is 0.821. The highest BCUT2D eigenvalue weighted by Crippen LogP contribution is 2.22. The van der Waals surface area contributed by atoms with E-state index in [0.717, 1.165) is 18.4 Å². The van der Waals surface area contributed by atoms with Gasteiger partial charge in [0.2, 0.25) is 0 Å². The Morgan fingerprint density at radius 1 is 1.36 bits per heavy atom. The van der Waals surface area contributed by atoms with Gasteiger partial charge in [-0.1, -0.05) is 24.9 Å². The van der Waals surface area contributed by atoms with Gasteiger partial charge in [0.25, 0.3) is 5.91 Å². The first kappa shape index (κ1) is 16.5. The number of aryl methyl sites for hydroxylation is 2. The Morgan fingerprint density at radius 3 is 2.59 bits per heavy atom. The number of halogens is 1. The van der Waals surface area contributed by atoms with Gasteiger partial charge in [-0.2, -0.15) is 5.10 Å². The van der Waals surface area contributed by atoms with Crippen LogP contribution in [0.1, 0.15) is 41.5 Å². The zero-order valence-electron chi connectivity index (χ0n) is 13.2. The molecule has 0 saturated carbocycles. The van der Waals surface area contributed by atoms with Crippen LogP contribution < -0.4 is 0 Å². The topological polar surface area (TPSA) is 51.0 Å². The maximum atomic E-state index is 12.9. The van der Waals surface area contributed by atoms with E-state index in [4.69, 9.17) is 11.6 Å². The molecule has 1 amide bonds. The fraction of sp³-hybridized carbons (Fsp3) is 0.438. The third-order valence-electron chi connectivity index (χ3n) is 3.54. The number of aromatic nitrogens is 3. The third-order valence-corrected chi connectivity index (χ3v) is 4.00. The van der Waals surface area contributed by atoms with Crippen LogP contribution in [0.5, 0.6) is 0 Å². The lowest BCUT2D eigenvalue weighted by atomic mass is 10.2. The molecule has 0 saturated heterocycles. The van der Waals surface area contributed by atoms with Crippen LogP contribution in [0.2, 0.25) is 5.02 Å². The lowest BCUT2D eigenvalue weighted by Crippen LogP contribution is -2.33. The molecule has 0 unspecified atom stereocenters. The first-order valence-electron chi connectivity index (χ1n) is 7.41. The number of rotatable bonds is 6. The summed E-state index contributed by atoms with van der Waals surface area (Å²) in [6, 6.07) is 3.84. The van der Waals surface area contributed by atoms with Crippen molar-refractivity contribution in [2.75, 3.05) is 6.54 Å². The molecule has 2 aromatic heterocycles. The minimum atomic E-state index is -0.0848. The number of hydrogen-bond acceptors (Lipinski definition) is 3. The van der Waals surface area contributed by atoms with Gasteiger partial charge >= 0.3 is 0 Å². The second kappa shape index (κ2) is 7.40. The van der Waals surface area contributed by atoms with Gasteiger partial charge in [0, 0.05) is 32.5 Å². The van der Waals surface area contributed by atoms with E-state index >= 15 is 0 Å². The smallest absolute Gasteiger partial charge is 0.273 e. The summed E-state index contributed by atoms with van der Waals surface area (Å²) in [5.41, 5.74) is 2.17. The summed E-state index contributed by atoms with van der Waals surface area (Å²) in [5.74, 6) is -0.0848. The van der Waals surface area contributed by atoms with Gasteiger partial charge < -0.3 is 4.90 Å². The Hall–Kier alpha value is -1.88. The predicted octanol–water partition coefficient (Wildman–Crippen LogP) is 3.22. The molecule has 0 atom stereocenters. The van der Waals surface area contributed by atoms with Crippen LogP contribution in [0.15, 0.2) is 24.5 Å². The third kappa shape index (κ3) is 3.65. The molecule has 0 fully saturated rings. The van der Waals surface area contributed by atoms with Crippen LogP contribution in [-0.4, -0.2) is 32.1 Å². The molecule has 0 radical (unpaired) electrons. The summed E-state index contributed by atoms with van der Waals surface area (Å²) in [5, 5.41) is 4.66. The second-order valence-electron chi connectivity index (χ2n) is 5.31. The summed E-state index contributed by atoms with van der Waals surface area (Å²) in [6.07, 6.45) is 5.45. The molecular formula is C16H21ClN4O. The van der Waals surface area contributed by atoms with Crippen molar-refractivity contribution in [1.29, 1.82) is 0 Å². The average Bonchev–Trinajstić information content (AvgIpc) is 2.77. The molecule has 2 heterocycles. The van der Waals surface area contributed by atoms with E-state index in [0.29, 0.717) is 29.5 Å². The summed E-state index contributed by atoms with van der Waals surface area (Å²) in [7, 11) is 1.75. The number of unbranched alkanes of at least 4 members (excludes halogenated alkanes) is 1. The summed E-state index contributed by atoms with van der Waals surface area (Å²) in [6.45, 7) is 5.15. The minimum absolute atomic E-state index is 0.0848. The van der Waals surface area contributed by atoms with E-state index in [1.165, 1.54) is 0 Å². The summed E-state index contributed by atoms with van der Waals surface area (Å²) in [4.78, 5) is 18.7. The van der Waals surface area contributed by atoms with Crippen molar-refractivity contribution in [2.24, 2.45) is 7.05 Å². The maximum absolute atomic E-state index is 12.9. The zero-order valence-corrected chi connectivity index (χ0v) is 14.0. The molecular weight excluding hydrogens is 300 g/mol. The standard InChI is InChI=1S/C16H21ClN4O/c1-4-5-10-21(11-13-6-8-18-9-7-13)16(22)15-14(17)12(2)19-20(15)3/h6-9H,4-5,10-11H2,1-3H3. The Morgan fingerprint density at radius 2 is 2.05 bits per heavy atom. The van der Waals surface area contributed by atoms with Crippen LogP contribution in [0, 0.1) is 6.92 Å². The lowest BCUT2D eigenvalue weighted by Gasteiger charge is -2.23. The van der Waals surface area contributed by atoms with Crippen molar-refractivity contribution >= 4 is 17.5 Å². The molecule has 118 valence electrons. The van der Waals surface area contributed by atoms with Crippen LogP contribution in [0.25, 0.3) is 0 Å². The second-order valence-corrected chi connectivity index (χ2v) is 5.69. The van der Waals surface area contributed by atoms with E-state index in [1.54, 1.807) is 31.0 Å². The van der Waals surface area contributed by atoms with Crippen molar-refractivity contribution in [3.8, 4) is 0 Å². The Labute approximate surface area is 135 Å². The Kier molecular flexibility index (Phi) is 5.55. The molecule has 5 nitrogen and oxygen atoms in total. The molecule has 2 aromatic rings. The summed E-state index contributed by atoms with van der Waals surface area (Å²) < 4.78 is 1.56. The Bertz CT molecular complexity index is 639. The molecule has 0 aliphatic rings.